The van der Waals surface area contributed by atoms with Gasteiger partial charge in [-0.25, -0.2) is 0 Å². The van der Waals surface area contributed by atoms with E-state index < -0.39 is 4.92 Å². The maximum Gasteiger partial charge on any atom is 0.270 e. The van der Waals surface area contributed by atoms with Crippen molar-refractivity contribution in [1.29, 1.82) is 0 Å². The zero-order valence-corrected chi connectivity index (χ0v) is 14.0. The van der Waals surface area contributed by atoms with Crippen molar-refractivity contribution in [3.8, 4) is 11.5 Å². The molecule has 0 N–H and O–H groups in total. The first-order valence-corrected chi connectivity index (χ1v) is 8.00. The Morgan fingerprint density at radius 2 is 2.08 bits per heavy atom. The Labute approximate surface area is 145 Å². The minimum Gasteiger partial charge on any atom is -0.492 e. The zero-order chi connectivity index (χ0) is 17.6. The van der Waals surface area contributed by atoms with Crippen molar-refractivity contribution in [3.63, 3.8) is 0 Å². The number of benzene rings is 2. The van der Waals surface area contributed by atoms with Crippen molar-refractivity contribution in [2.75, 3.05) is 27.0 Å². The summed E-state index contributed by atoms with van der Waals surface area (Å²) in [5, 5.41) is 11.1. The third-order valence-electron chi connectivity index (χ3n) is 3.91. The average molecular weight is 344 g/mol. The van der Waals surface area contributed by atoms with Crippen LogP contribution in [0.2, 0.25) is 0 Å². The van der Waals surface area contributed by atoms with E-state index >= 15 is 0 Å². The average Bonchev–Trinajstić information content (AvgIpc) is 2.62. The highest BCUT2D eigenvalue weighted by Gasteiger charge is 2.21. The molecule has 0 saturated heterocycles. The number of nitrogens with zero attached hydrogens (tertiary/aromatic N) is 2. The van der Waals surface area contributed by atoms with Crippen LogP contribution >= 0.6 is 0 Å². The van der Waals surface area contributed by atoms with Crippen LogP contribution in [0, 0.1) is 10.1 Å². The van der Waals surface area contributed by atoms with Gasteiger partial charge in [0.25, 0.3) is 5.69 Å². The number of non-ortho nitro benzene ring substituents is 1. The molecule has 7 heteroatoms. The Kier molecular flexibility index (Phi) is 5.47. The SMILES string of the molecule is CN(CCOc1ccccc1)Cc1cc([N+](=O)[O-])cc2c1OCOC2. The molecule has 0 aliphatic carbocycles. The van der Waals surface area contributed by atoms with Crippen LogP contribution in [-0.4, -0.2) is 36.8 Å². The summed E-state index contributed by atoms with van der Waals surface area (Å²) in [4.78, 5) is 12.8. The highest BCUT2D eigenvalue weighted by atomic mass is 16.7. The van der Waals surface area contributed by atoms with Gasteiger partial charge in [-0.05, 0) is 19.2 Å². The molecule has 0 radical (unpaired) electrons. The number of para-hydroxylation sites is 1. The standard InChI is InChI=1S/C18H20N2O5/c1-19(7-8-24-17-5-3-2-4-6-17)11-14-9-16(20(21)22)10-15-12-23-13-25-18(14)15/h2-6,9-10H,7-8,11-13H2,1H3. The molecular weight excluding hydrogens is 324 g/mol. The molecule has 2 aromatic rings. The van der Waals surface area contributed by atoms with Crippen LogP contribution in [0.25, 0.3) is 0 Å². The van der Waals surface area contributed by atoms with Gasteiger partial charge >= 0.3 is 0 Å². The fraction of sp³-hybridized carbons (Fsp3) is 0.333. The van der Waals surface area contributed by atoms with Crippen LogP contribution < -0.4 is 9.47 Å². The summed E-state index contributed by atoms with van der Waals surface area (Å²) in [7, 11) is 1.94. The van der Waals surface area contributed by atoms with E-state index in [0.717, 1.165) is 11.3 Å². The first-order valence-electron chi connectivity index (χ1n) is 8.00. The summed E-state index contributed by atoms with van der Waals surface area (Å²) in [6.07, 6.45) is 0. The summed E-state index contributed by atoms with van der Waals surface area (Å²) in [5.41, 5.74) is 1.55. The molecule has 2 aromatic carbocycles. The van der Waals surface area contributed by atoms with Crippen LogP contribution in [0.5, 0.6) is 11.5 Å². The second-order valence-corrected chi connectivity index (χ2v) is 5.86. The van der Waals surface area contributed by atoms with Gasteiger partial charge in [-0.3, -0.25) is 15.0 Å². The molecule has 0 unspecified atom stereocenters. The maximum atomic E-state index is 11.1. The van der Waals surface area contributed by atoms with Gasteiger partial charge in [-0.1, -0.05) is 18.2 Å². The topological polar surface area (TPSA) is 74.1 Å². The minimum absolute atomic E-state index is 0.0526. The van der Waals surface area contributed by atoms with Crippen LogP contribution in [0.4, 0.5) is 5.69 Å². The number of fused-ring (bicyclic) bond motifs is 1. The van der Waals surface area contributed by atoms with Gasteiger partial charge in [0.2, 0.25) is 0 Å². The molecule has 1 heterocycles. The van der Waals surface area contributed by atoms with Gasteiger partial charge in [0.15, 0.2) is 6.79 Å². The van der Waals surface area contributed by atoms with Crippen molar-refractivity contribution < 1.29 is 19.1 Å². The molecule has 25 heavy (non-hydrogen) atoms. The Balaban J connectivity index is 1.64. The molecule has 1 aliphatic heterocycles. The zero-order valence-electron chi connectivity index (χ0n) is 14.0. The Bertz CT molecular complexity index is 736. The van der Waals surface area contributed by atoms with E-state index in [-0.39, 0.29) is 12.5 Å². The first kappa shape index (κ1) is 17.2. The van der Waals surface area contributed by atoms with E-state index in [0.29, 0.717) is 37.6 Å². The Morgan fingerprint density at radius 1 is 1.28 bits per heavy atom. The number of hydrogen-bond donors (Lipinski definition) is 0. The van der Waals surface area contributed by atoms with Crippen LogP contribution in [-0.2, 0) is 17.9 Å². The fourth-order valence-electron chi connectivity index (χ4n) is 2.71. The molecule has 1 aliphatic rings. The minimum atomic E-state index is -0.392. The lowest BCUT2D eigenvalue weighted by molar-refractivity contribution is -0.385. The first-order chi connectivity index (χ1) is 12.1. The monoisotopic (exact) mass is 344 g/mol. The third kappa shape index (κ3) is 4.46. The Morgan fingerprint density at radius 3 is 2.84 bits per heavy atom. The summed E-state index contributed by atoms with van der Waals surface area (Å²) in [5.74, 6) is 1.51. The van der Waals surface area contributed by atoms with E-state index in [9.17, 15) is 10.1 Å². The van der Waals surface area contributed by atoms with Crippen molar-refractivity contribution in [2.24, 2.45) is 0 Å². The smallest absolute Gasteiger partial charge is 0.270 e. The van der Waals surface area contributed by atoms with Gasteiger partial charge in [0, 0.05) is 36.3 Å². The Hall–Kier alpha value is -2.64. The van der Waals surface area contributed by atoms with Gasteiger partial charge in [-0.15, -0.1) is 0 Å². The molecule has 3 rings (SSSR count). The van der Waals surface area contributed by atoms with Crippen molar-refractivity contribution in [2.45, 2.75) is 13.2 Å². The summed E-state index contributed by atoms with van der Waals surface area (Å²) >= 11 is 0. The van der Waals surface area contributed by atoms with Crippen LogP contribution in [0.1, 0.15) is 11.1 Å². The van der Waals surface area contributed by atoms with E-state index in [1.807, 2.05) is 42.3 Å². The molecule has 0 aromatic heterocycles. The van der Waals surface area contributed by atoms with E-state index in [1.54, 1.807) is 6.07 Å². The second kappa shape index (κ2) is 7.96. The van der Waals surface area contributed by atoms with E-state index in [4.69, 9.17) is 14.2 Å². The second-order valence-electron chi connectivity index (χ2n) is 5.86. The van der Waals surface area contributed by atoms with Crippen molar-refractivity contribution >= 4 is 5.69 Å². The molecule has 0 spiro atoms. The number of rotatable bonds is 7. The third-order valence-corrected chi connectivity index (χ3v) is 3.91. The van der Waals surface area contributed by atoms with Gasteiger partial charge in [-0.2, -0.15) is 0 Å². The fourth-order valence-corrected chi connectivity index (χ4v) is 2.71. The molecular formula is C18H20N2O5. The van der Waals surface area contributed by atoms with Crippen molar-refractivity contribution in [1.82, 2.24) is 4.90 Å². The van der Waals surface area contributed by atoms with Gasteiger partial charge in [0.05, 0.1) is 11.5 Å². The number of nitro groups is 1. The van der Waals surface area contributed by atoms with Crippen LogP contribution in [0.15, 0.2) is 42.5 Å². The summed E-state index contributed by atoms with van der Waals surface area (Å²) < 4.78 is 16.5. The molecule has 0 saturated carbocycles. The van der Waals surface area contributed by atoms with Gasteiger partial charge in [0.1, 0.15) is 18.1 Å². The maximum absolute atomic E-state index is 11.1. The number of hydrogen-bond acceptors (Lipinski definition) is 6. The highest BCUT2D eigenvalue weighted by molar-refractivity contribution is 5.50. The molecule has 0 amide bonds. The lowest BCUT2D eigenvalue weighted by atomic mass is 10.1. The molecule has 0 bridgehead atoms. The molecule has 0 fully saturated rings. The van der Waals surface area contributed by atoms with E-state index in [1.165, 1.54) is 6.07 Å². The largest absolute Gasteiger partial charge is 0.492 e. The predicted octanol–water partition coefficient (Wildman–Crippen LogP) is 2.97. The van der Waals surface area contributed by atoms with Gasteiger partial charge < -0.3 is 14.2 Å². The molecule has 132 valence electrons. The summed E-state index contributed by atoms with van der Waals surface area (Å²) in [6, 6.07) is 12.7. The van der Waals surface area contributed by atoms with Crippen molar-refractivity contribution in [3.05, 3.63) is 63.7 Å². The van der Waals surface area contributed by atoms with Crippen LogP contribution in [0.3, 0.4) is 0 Å². The summed E-state index contributed by atoms with van der Waals surface area (Å²) in [6.45, 7) is 2.23. The molecule has 0 atom stereocenters. The number of ether oxygens (including phenoxy) is 3. The highest BCUT2D eigenvalue weighted by Crippen LogP contribution is 2.33. The lowest BCUT2D eigenvalue weighted by Crippen LogP contribution is -2.25. The quantitative estimate of drug-likeness (QED) is 0.568. The number of nitro benzene ring substituents is 1. The predicted molar refractivity (Wildman–Crippen MR) is 91.7 cm³/mol. The normalized spacial score (nSPS) is 13.2. The number of likely N-dealkylation sites (N-methyl/N-ethyl adjacent to an activating group) is 1. The van der Waals surface area contributed by atoms with E-state index in [2.05, 4.69) is 0 Å². The lowest BCUT2D eigenvalue weighted by Gasteiger charge is -2.23. The molecule has 7 nitrogen and oxygen atoms in total.